The third kappa shape index (κ3) is 6.88. The Kier molecular flexibility index (Phi) is 8.98. The highest BCUT2D eigenvalue weighted by Gasteiger charge is 2.17. The molecule has 0 aliphatic heterocycles. The lowest BCUT2D eigenvalue weighted by atomic mass is 10.2. The number of carbonyl (C=O) groups is 1. The van der Waals surface area contributed by atoms with Crippen molar-refractivity contribution in [3.8, 4) is 23.3 Å². The Bertz CT molecular complexity index is 1130. The SMILES string of the molecule is CCOc1ccc(OCc2nnc(SCC(=O)NCCC#N)n2-c2ccc(C)c(Cl)c2)cc1. The van der Waals surface area contributed by atoms with Gasteiger partial charge in [-0.15, -0.1) is 10.2 Å². The largest absolute Gasteiger partial charge is 0.494 e. The predicted octanol–water partition coefficient (Wildman–Crippen LogP) is 4.33. The van der Waals surface area contributed by atoms with Gasteiger partial charge in [0.2, 0.25) is 5.91 Å². The van der Waals surface area contributed by atoms with Crippen molar-refractivity contribution in [3.63, 3.8) is 0 Å². The Morgan fingerprint density at radius 3 is 2.58 bits per heavy atom. The Morgan fingerprint density at radius 1 is 1.18 bits per heavy atom. The van der Waals surface area contributed by atoms with Crippen LogP contribution in [0.2, 0.25) is 5.02 Å². The molecule has 0 bridgehead atoms. The first-order valence-corrected chi connectivity index (χ1v) is 11.7. The summed E-state index contributed by atoms with van der Waals surface area (Å²) >= 11 is 7.60. The fourth-order valence-corrected chi connectivity index (χ4v) is 3.83. The summed E-state index contributed by atoms with van der Waals surface area (Å²) in [7, 11) is 0. The molecule has 1 N–H and O–H groups in total. The summed E-state index contributed by atoms with van der Waals surface area (Å²) < 4.78 is 13.2. The third-order valence-corrected chi connectivity index (χ3v) is 5.84. The van der Waals surface area contributed by atoms with Gasteiger partial charge >= 0.3 is 0 Å². The maximum atomic E-state index is 12.1. The van der Waals surface area contributed by atoms with Gasteiger partial charge in [-0.3, -0.25) is 9.36 Å². The highest BCUT2D eigenvalue weighted by Crippen LogP contribution is 2.26. The van der Waals surface area contributed by atoms with E-state index in [2.05, 4.69) is 15.5 Å². The number of halogens is 1. The van der Waals surface area contributed by atoms with E-state index in [0.717, 1.165) is 17.0 Å². The molecule has 10 heteroatoms. The summed E-state index contributed by atoms with van der Waals surface area (Å²) in [4.78, 5) is 12.1. The molecule has 2 aromatic carbocycles. The van der Waals surface area contributed by atoms with E-state index < -0.39 is 0 Å². The molecule has 8 nitrogen and oxygen atoms in total. The molecule has 0 atom stereocenters. The zero-order valence-electron chi connectivity index (χ0n) is 18.4. The second-order valence-electron chi connectivity index (χ2n) is 6.91. The molecule has 0 saturated heterocycles. The molecule has 3 aromatic rings. The van der Waals surface area contributed by atoms with Gasteiger partial charge in [-0.1, -0.05) is 29.4 Å². The van der Waals surface area contributed by atoms with E-state index in [0.29, 0.717) is 34.9 Å². The fraction of sp³-hybridized carbons (Fsp3) is 0.304. The summed E-state index contributed by atoms with van der Waals surface area (Å²) in [6, 6.07) is 15.0. The van der Waals surface area contributed by atoms with E-state index in [9.17, 15) is 4.79 Å². The van der Waals surface area contributed by atoms with Crippen molar-refractivity contribution in [2.24, 2.45) is 0 Å². The lowest BCUT2D eigenvalue weighted by molar-refractivity contribution is -0.118. The number of nitrogens with zero attached hydrogens (tertiary/aromatic N) is 4. The molecule has 0 radical (unpaired) electrons. The van der Waals surface area contributed by atoms with Crippen LogP contribution in [0.5, 0.6) is 11.5 Å². The van der Waals surface area contributed by atoms with E-state index in [-0.39, 0.29) is 24.7 Å². The first-order valence-electron chi connectivity index (χ1n) is 10.3. The maximum Gasteiger partial charge on any atom is 0.230 e. The van der Waals surface area contributed by atoms with Crippen LogP contribution in [0.25, 0.3) is 5.69 Å². The van der Waals surface area contributed by atoms with Crippen molar-refractivity contribution < 1.29 is 14.3 Å². The molecule has 0 aliphatic carbocycles. The number of benzene rings is 2. The fourth-order valence-electron chi connectivity index (χ4n) is 2.85. The molecule has 33 heavy (non-hydrogen) atoms. The second kappa shape index (κ2) is 12.1. The van der Waals surface area contributed by atoms with Crippen LogP contribution in [-0.4, -0.2) is 39.6 Å². The maximum absolute atomic E-state index is 12.1. The summed E-state index contributed by atoms with van der Waals surface area (Å²) in [5, 5.41) is 21.0. The smallest absolute Gasteiger partial charge is 0.230 e. The molecule has 1 amide bonds. The summed E-state index contributed by atoms with van der Waals surface area (Å²) in [6.45, 7) is 4.94. The quantitative estimate of drug-likeness (QED) is 0.318. The van der Waals surface area contributed by atoms with E-state index >= 15 is 0 Å². The summed E-state index contributed by atoms with van der Waals surface area (Å²) in [5.74, 6) is 1.97. The first kappa shape index (κ1) is 24.4. The minimum Gasteiger partial charge on any atom is -0.494 e. The summed E-state index contributed by atoms with van der Waals surface area (Å²) in [5.41, 5.74) is 1.72. The molecule has 1 aromatic heterocycles. The normalized spacial score (nSPS) is 10.5. The lowest BCUT2D eigenvalue weighted by Gasteiger charge is -2.12. The van der Waals surface area contributed by atoms with Crippen LogP contribution < -0.4 is 14.8 Å². The number of carbonyl (C=O) groups excluding carboxylic acids is 1. The molecule has 0 unspecified atom stereocenters. The average molecular weight is 486 g/mol. The topological polar surface area (TPSA) is 102 Å². The van der Waals surface area contributed by atoms with Gasteiger partial charge < -0.3 is 14.8 Å². The van der Waals surface area contributed by atoms with Gasteiger partial charge in [0.15, 0.2) is 11.0 Å². The van der Waals surface area contributed by atoms with Crippen LogP contribution in [0.4, 0.5) is 0 Å². The van der Waals surface area contributed by atoms with Gasteiger partial charge in [-0.05, 0) is 55.8 Å². The predicted molar refractivity (Wildman–Crippen MR) is 127 cm³/mol. The van der Waals surface area contributed by atoms with Crippen molar-refractivity contribution in [1.29, 1.82) is 5.26 Å². The van der Waals surface area contributed by atoms with Crippen molar-refractivity contribution in [3.05, 3.63) is 58.9 Å². The van der Waals surface area contributed by atoms with Crippen LogP contribution in [0, 0.1) is 18.3 Å². The Hall–Kier alpha value is -3.22. The average Bonchev–Trinajstić information content (AvgIpc) is 3.22. The number of amides is 1. The van der Waals surface area contributed by atoms with Gasteiger partial charge in [0.05, 0.1) is 30.5 Å². The molecule has 172 valence electrons. The Morgan fingerprint density at radius 2 is 1.91 bits per heavy atom. The Balaban J connectivity index is 1.78. The van der Waals surface area contributed by atoms with E-state index in [1.165, 1.54) is 11.8 Å². The minimum absolute atomic E-state index is 0.142. The minimum atomic E-state index is -0.182. The second-order valence-corrected chi connectivity index (χ2v) is 8.26. The van der Waals surface area contributed by atoms with Gasteiger partial charge in [0.1, 0.15) is 18.1 Å². The third-order valence-electron chi connectivity index (χ3n) is 4.51. The van der Waals surface area contributed by atoms with Crippen molar-refractivity contribution >= 4 is 29.3 Å². The zero-order chi connectivity index (χ0) is 23.6. The molecule has 1 heterocycles. The van der Waals surface area contributed by atoms with Crippen molar-refractivity contribution in [1.82, 2.24) is 20.1 Å². The number of hydrogen-bond acceptors (Lipinski definition) is 7. The lowest BCUT2D eigenvalue weighted by Crippen LogP contribution is -2.26. The molecule has 0 fully saturated rings. The van der Waals surface area contributed by atoms with E-state index in [1.807, 2.05) is 66.9 Å². The summed E-state index contributed by atoms with van der Waals surface area (Å²) in [6.07, 6.45) is 0.265. The zero-order valence-corrected chi connectivity index (χ0v) is 19.9. The number of thioether (sulfide) groups is 1. The Labute approximate surface area is 201 Å². The molecule has 3 rings (SSSR count). The van der Waals surface area contributed by atoms with Crippen molar-refractivity contribution in [2.75, 3.05) is 18.9 Å². The van der Waals surface area contributed by atoms with Gasteiger partial charge in [-0.2, -0.15) is 5.26 Å². The molecule has 0 spiro atoms. The van der Waals surface area contributed by atoms with Crippen molar-refractivity contribution in [2.45, 2.75) is 32.0 Å². The van der Waals surface area contributed by atoms with E-state index in [4.69, 9.17) is 26.3 Å². The number of hydrogen-bond donors (Lipinski definition) is 1. The molecule has 0 aliphatic rings. The standard InChI is InChI=1S/C23H24ClN5O3S/c1-3-31-18-7-9-19(10-8-18)32-14-21-27-28-23(33-15-22(30)26-12-4-11-25)29(21)17-6-5-16(2)20(24)13-17/h5-10,13H,3-4,12,14-15H2,1-2H3,(H,26,30). The molecular formula is C23H24ClN5O3S. The van der Waals surface area contributed by atoms with Crippen LogP contribution in [0.3, 0.4) is 0 Å². The van der Waals surface area contributed by atoms with Crippen LogP contribution in [-0.2, 0) is 11.4 Å². The first-order chi connectivity index (χ1) is 16.0. The van der Waals surface area contributed by atoms with E-state index in [1.54, 1.807) is 0 Å². The monoisotopic (exact) mass is 485 g/mol. The number of aryl methyl sites for hydroxylation is 1. The number of nitriles is 1. The highest BCUT2D eigenvalue weighted by molar-refractivity contribution is 7.99. The van der Waals surface area contributed by atoms with Gasteiger partial charge in [0, 0.05) is 11.6 Å². The number of aromatic nitrogens is 3. The number of nitrogens with one attached hydrogen (secondary N) is 1. The number of rotatable bonds is 11. The molecule has 0 saturated carbocycles. The van der Waals surface area contributed by atoms with Crippen LogP contribution in [0.15, 0.2) is 47.6 Å². The van der Waals surface area contributed by atoms with Gasteiger partial charge in [0.25, 0.3) is 0 Å². The van der Waals surface area contributed by atoms with Crippen LogP contribution >= 0.6 is 23.4 Å². The molecular weight excluding hydrogens is 462 g/mol. The number of ether oxygens (including phenoxy) is 2. The van der Waals surface area contributed by atoms with Gasteiger partial charge in [-0.25, -0.2) is 0 Å². The van der Waals surface area contributed by atoms with Crippen LogP contribution in [0.1, 0.15) is 24.7 Å². The highest BCUT2D eigenvalue weighted by atomic mass is 35.5.